The number of benzene rings is 1. The first kappa shape index (κ1) is 19.1. The Morgan fingerprint density at radius 2 is 1.90 bits per heavy atom. The summed E-state index contributed by atoms with van der Waals surface area (Å²) in [4.78, 5) is 14.5. The van der Waals surface area contributed by atoms with Gasteiger partial charge in [0.2, 0.25) is 5.91 Å². The molecule has 0 saturated heterocycles. The van der Waals surface area contributed by atoms with Crippen molar-refractivity contribution in [3.8, 4) is 11.4 Å². The minimum atomic E-state index is -0.0914. The molecule has 0 bridgehead atoms. The molecule has 0 atom stereocenters. The number of hydrogen-bond donors (Lipinski definition) is 1. The average molecular weight is 407 g/mol. The Kier molecular flexibility index (Phi) is 5.02. The molecule has 4 rings (SSSR count). The number of aryl methyl sites for hydroxylation is 3. The van der Waals surface area contributed by atoms with Crippen LogP contribution in [0.5, 0.6) is 0 Å². The highest BCUT2D eigenvalue weighted by Gasteiger charge is 2.15. The lowest BCUT2D eigenvalue weighted by Gasteiger charge is -2.19. The maximum Gasteiger partial charge on any atom is 0.243 e. The summed E-state index contributed by atoms with van der Waals surface area (Å²) in [5, 5.41) is 20.1. The lowest BCUT2D eigenvalue weighted by atomic mass is 10.1. The summed E-state index contributed by atoms with van der Waals surface area (Å²) >= 11 is 1.60. The first-order valence-corrected chi connectivity index (χ1v) is 10.2. The van der Waals surface area contributed by atoms with Crippen molar-refractivity contribution in [1.29, 1.82) is 0 Å². The lowest BCUT2D eigenvalue weighted by molar-refractivity contribution is -0.114. The van der Waals surface area contributed by atoms with Crippen LogP contribution < -0.4 is 10.2 Å². The Hall–Kier alpha value is -3.26. The van der Waals surface area contributed by atoms with Gasteiger partial charge >= 0.3 is 0 Å². The van der Waals surface area contributed by atoms with Crippen LogP contribution in [-0.4, -0.2) is 39.3 Å². The fourth-order valence-corrected chi connectivity index (χ4v) is 4.04. The predicted molar refractivity (Wildman–Crippen MR) is 117 cm³/mol. The van der Waals surface area contributed by atoms with Gasteiger partial charge < -0.3 is 10.2 Å². The van der Waals surface area contributed by atoms with Gasteiger partial charge in [0.05, 0.1) is 6.54 Å². The molecule has 7 nitrogen and oxygen atoms in total. The summed E-state index contributed by atoms with van der Waals surface area (Å²) in [7, 11) is 1.84. The van der Waals surface area contributed by atoms with Gasteiger partial charge in [0.25, 0.3) is 0 Å². The third kappa shape index (κ3) is 3.84. The molecule has 4 aromatic rings. The number of nitrogens with zero attached hydrogens (tertiary/aromatic N) is 5. The van der Waals surface area contributed by atoms with Crippen LogP contribution >= 0.6 is 11.3 Å². The summed E-state index contributed by atoms with van der Waals surface area (Å²) in [6, 6.07) is 9.82. The quantitative estimate of drug-likeness (QED) is 0.545. The molecule has 0 fully saturated rings. The average Bonchev–Trinajstić information content (AvgIpc) is 3.33. The number of likely N-dealkylation sites (N-methyl/N-ethyl adjacent to an activating group) is 1. The third-order valence-electron chi connectivity index (χ3n) is 4.74. The van der Waals surface area contributed by atoms with Crippen LogP contribution in [0.4, 0.5) is 11.5 Å². The van der Waals surface area contributed by atoms with Gasteiger partial charge in [0, 0.05) is 23.7 Å². The number of fused-ring (bicyclic) bond motifs is 1. The summed E-state index contributed by atoms with van der Waals surface area (Å²) < 4.78 is 1.71. The van der Waals surface area contributed by atoms with Crippen LogP contribution in [0, 0.1) is 20.8 Å². The number of carbonyl (C=O) groups excluding carboxylic acids is 1. The summed E-state index contributed by atoms with van der Waals surface area (Å²) in [6.07, 6.45) is 0. The molecule has 0 saturated carbocycles. The monoisotopic (exact) mass is 406 g/mol. The van der Waals surface area contributed by atoms with E-state index in [0.29, 0.717) is 17.3 Å². The number of anilines is 2. The van der Waals surface area contributed by atoms with Crippen molar-refractivity contribution < 1.29 is 4.79 Å². The minimum Gasteiger partial charge on any atom is -0.349 e. The molecular weight excluding hydrogens is 384 g/mol. The minimum absolute atomic E-state index is 0.0914. The van der Waals surface area contributed by atoms with Gasteiger partial charge in [-0.1, -0.05) is 17.7 Å². The van der Waals surface area contributed by atoms with Crippen molar-refractivity contribution in [1.82, 2.24) is 19.8 Å². The zero-order valence-electron chi connectivity index (χ0n) is 16.8. The van der Waals surface area contributed by atoms with E-state index in [0.717, 1.165) is 22.4 Å². The van der Waals surface area contributed by atoms with Crippen LogP contribution in [-0.2, 0) is 4.79 Å². The summed E-state index contributed by atoms with van der Waals surface area (Å²) in [6.45, 7) is 6.25. The van der Waals surface area contributed by atoms with Crippen LogP contribution in [0.25, 0.3) is 17.0 Å². The number of amides is 1. The SMILES string of the molecule is Cc1cc(C)c(NC(=O)CN(C)c2ccc3nnc(-c4ccsc4)n3n2)c(C)c1. The molecule has 0 unspecified atom stereocenters. The second-order valence-electron chi connectivity index (χ2n) is 7.18. The highest BCUT2D eigenvalue weighted by molar-refractivity contribution is 7.08. The van der Waals surface area contributed by atoms with Gasteiger partial charge in [-0.15, -0.1) is 15.3 Å². The van der Waals surface area contributed by atoms with Crippen molar-refractivity contribution in [3.05, 3.63) is 57.8 Å². The van der Waals surface area contributed by atoms with E-state index in [1.165, 1.54) is 5.56 Å². The Bertz CT molecular complexity index is 1160. The lowest BCUT2D eigenvalue weighted by Crippen LogP contribution is -2.31. The second-order valence-corrected chi connectivity index (χ2v) is 7.96. The number of nitrogens with one attached hydrogen (secondary N) is 1. The van der Waals surface area contributed by atoms with E-state index in [-0.39, 0.29) is 12.5 Å². The number of thiophene rings is 1. The molecule has 1 aromatic carbocycles. The fourth-order valence-electron chi connectivity index (χ4n) is 3.41. The molecule has 1 amide bonds. The highest BCUT2D eigenvalue weighted by atomic mass is 32.1. The number of aromatic nitrogens is 4. The highest BCUT2D eigenvalue weighted by Crippen LogP contribution is 2.23. The van der Waals surface area contributed by atoms with Gasteiger partial charge in [-0.3, -0.25) is 4.79 Å². The Balaban J connectivity index is 1.54. The van der Waals surface area contributed by atoms with Crippen molar-refractivity contribution in [3.63, 3.8) is 0 Å². The van der Waals surface area contributed by atoms with Crippen molar-refractivity contribution in [2.75, 3.05) is 23.8 Å². The van der Waals surface area contributed by atoms with Crippen LogP contribution in [0.3, 0.4) is 0 Å². The zero-order valence-corrected chi connectivity index (χ0v) is 17.6. The van der Waals surface area contributed by atoms with Crippen LogP contribution in [0.2, 0.25) is 0 Å². The first-order valence-electron chi connectivity index (χ1n) is 9.26. The summed E-state index contributed by atoms with van der Waals surface area (Å²) in [5.41, 5.74) is 5.81. The topological polar surface area (TPSA) is 75.4 Å². The maximum absolute atomic E-state index is 12.6. The largest absolute Gasteiger partial charge is 0.349 e. The van der Waals surface area contributed by atoms with E-state index in [1.807, 2.05) is 54.8 Å². The maximum atomic E-state index is 12.6. The Labute approximate surface area is 173 Å². The van der Waals surface area contributed by atoms with E-state index in [9.17, 15) is 4.79 Å². The van der Waals surface area contributed by atoms with Gasteiger partial charge in [-0.25, -0.2) is 0 Å². The molecule has 0 spiro atoms. The Morgan fingerprint density at radius 3 is 2.59 bits per heavy atom. The van der Waals surface area contributed by atoms with E-state index in [2.05, 4.69) is 39.7 Å². The Morgan fingerprint density at radius 1 is 1.14 bits per heavy atom. The predicted octanol–water partition coefficient (Wildman–Crippen LogP) is 3.85. The molecule has 3 heterocycles. The molecule has 29 heavy (non-hydrogen) atoms. The molecular formula is C21H22N6OS. The molecule has 0 aliphatic rings. The molecule has 1 N–H and O–H groups in total. The van der Waals surface area contributed by atoms with Crippen LogP contribution in [0.15, 0.2) is 41.1 Å². The van der Waals surface area contributed by atoms with E-state index in [4.69, 9.17) is 0 Å². The number of carbonyl (C=O) groups is 1. The van der Waals surface area contributed by atoms with E-state index < -0.39 is 0 Å². The second kappa shape index (κ2) is 7.63. The number of hydrogen-bond acceptors (Lipinski definition) is 6. The van der Waals surface area contributed by atoms with Crippen molar-refractivity contribution in [2.24, 2.45) is 0 Å². The molecule has 0 radical (unpaired) electrons. The van der Waals surface area contributed by atoms with Crippen molar-refractivity contribution in [2.45, 2.75) is 20.8 Å². The first-order chi connectivity index (χ1) is 13.9. The van der Waals surface area contributed by atoms with E-state index >= 15 is 0 Å². The van der Waals surface area contributed by atoms with Gasteiger partial charge in [-0.05, 0) is 55.5 Å². The van der Waals surface area contributed by atoms with Crippen LogP contribution in [0.1, 0.15) is 16.7 Å². The van der Waals surface area contributed by atoms with E-state index in [1.54, 1.807) is 15.9 Å². The van der Waals surface area contributed by atoms with Gasteiger partial charge in [0.15, 0.2) is 11.5 Å². The molecule has 8 heteroatoms. The molecule has 0 aliphatic carbocycles. The smallest absolute Gasteiger partial charge is 0.243 e. The standard InChI is InChI=1S/C21H22N6OS/c1-13-9-14(2)20(15(3)10-13)22-19(28)11-26(4)18-6-5-17-23-24-21(27(17)25-18)16-7-8-29-12-16/h5-10,12H,11H2,1-4H3,(H,22,28). The summed E-state index contributed by atoms with van der Waals surface area (Å²) in [5.74, 6) is 1.26. The van der Waals surface area contributed by atoms with Gasteiger partial charge in [0.1, 0.15) is 5.82 Å². The zero-order chi connectivity index (χ0) is 20.5. The molecule has 0 aliphatic heterocycles. The third-order valence-corrected chi connectivity index (χ3v) is 5.42. The fraction of sp³-hybridized carbons (Fsp3) is 0.238. The van der Waals surface area contributed by atoms with Crippen molar-refractivity contribution >= 4 is 34.4 Å². The molecule has 3 aromatic heterocycles. The molecule has 148 valence electrons. The normalized spacial score (nSPS) is 11.0. The van der Waals surface area contributed by atoms with Gasteiger partial charge in [-0.2, -0.15) is 15.9 Å². The number of rotatable bonds is 5.